The highest BCUT2D eigenvalue weighted by atomic mass is 32.2. The highest BCUT2D eigenvalue weighted by Crippen LogP contribution is 2.32. The Kier molecular flexibility index (Phi) is 4.02. The summed E-state index contributed by atoms with van der Waals surface area (Å²) in [6, 6.07) is 6.03. The maximum absolute atomic E-state index is 13.3. The molecule has 1 aliphatic heterocycles. The molecule has 0 spiro atoms. The van der Waals surface area contributed by atoms with Crippen LogP contribution in [0.4, 0.5) is 4.39 Å². The van der Waals surface area contributed by atoms with E-state index in [1.807, 2.05) is 0 Å². The van der Waals surface area contributed by atoms with Crippen molar-refractivity contribution in [2.24, 2.45) is 0 Å². The SMILES string of the molecule is CS(=O)(=O)N1CCCCC[C@@H]1c1cccc(F)c1. The lowest BCUT2D eigenvalue weighted by molar-refractivity contribution is 0.330. The second-order valence-corrected chi connectivity index (χ2v) is 6.73. The Hall–Kier alpha value is -0.940. The van der Waals surface area contributed by atoms with Gasteiger partial charge in [0.25, 0.3) is 0 Å². The average molecular weight is 271 g/mol. The predicted molar refractivity (Wildman–Crippen MR) is 69.2 cm³/mol. The van der Waals surface area contributed by atoms with Gasteiger partial charge < -0.3 is 0 Å². The molecule has 0 unspecified atom stereocenters. The van der Waals surface area contributed by atoms with Crippen molar-refractivity contribution in [2.75, 3.05) is 12.8 Å². The Morgan fingerprint density at radius 2 is 2.06 bits per heavy atom. The van der Waals surface area contributed by atoms with Crippen LogP contribution >= 0.6 is 0 Å². The summed E-state index contributed by atoms with van der Waals surface area (Å²) in [7, 11) is -3.25. The molecule has 3 nitrogen and oxygen atoms in total. The highest BCUT2D eigenvalue weighted by Gasteiger charge is 2.29. The van der Waals surface area contributed by atoms with Crippen LogP contribution in [-0.2, 0) is 10.0 Å². The summed E-state index contributed by atoms with van der Waals surface area (Å²) in [4.78, 5) is 0. The molecule has 0 bridgehead atoms. The minimum absolute atomic E-state index is 0.224. The molecule has 100 valence electrons. The third kappa shape index (κ3) is 3.09. The van der Waals surface area contributed by atoms with Crippen LogP contribution in [0.15, 0.2) is 24.3 Å². The van der Waals surface area contributed by atoms with E-state index in [9.17, 15) is 12.8 Å². The van der Waals surface area contributed by atoms with Crippen molar-refractivity contribution in [2.45, 2.75) is 31.7 Å². The van der Waals surface area contributed by atoms with E-state index in [1.54, 1.807) is 12.1 Å². The molecule has 1 aromatic carbocycles. The van der Waals surface area contributed by atoms with Crippen LogP contribution in [0.2, 0.25) is 0 Å². The van der Waals surface area contributed by atoms with Crippen molar-refractivity contribution in [1.82, 2.24) is 4.31 Å². The molecule has 0 amide bonds. The lowest BCUT2D eigenvalue weighted by Crippen LogP contribution is -2.33. The Morgan fingerprint density at radius 1 is 1.28 bits per heavy atom. The van der Waals surface area contributed by atoms with Crippen molar-refractivity contribution >= 4 is 10.0 Å². The quantitative estimate of drug-likeness (QED) is 0.829. The maximum Gasteiger partial charge on any atom is 0.211 e. The van der Waals surface area contributed by atoms with Crippen LogP contribution in [0.3, 0.4) is 0 Å². The number of rotatable bonds is 2. The monoisotopic (exact) mass is 271 g/mol. The van der Waals surface area contributed by atoms with Gasteiger partial charge >= 0.3 is 0 Å². The normalized spacial score (nSPS) is 22.7. The summed E-state index contributed by atoms with van der Waals surface area (Å²) in [6.45, 7) is 0.528. The van der Waals surface area contributed by atoms with Crippen LogP contribution in [0.25, 0.3) is 0 Å². The zero-order chi connectivity index (χ0) is 13.2. The van der Waals surface area contributed by atoms with Gasteiger partial charge in [0.05, 0.1) is 6.26 Å². The first-order chi connectivity index (χ1) is 8.48. The molecule has 1 aliphatic rings. The number of hydrogen-bond donors (Lipinski definition) is 0. The van der Waals surface area contributed by atoms with Gasteiger partial charge in [-0.25, -0.2) is 12.8 Å². The lowest BCUT2D eigenvalue weighted by atomic mass is 10.0. The van der Waals surface area contributed by atoms with E-state index in [2.05, 4.69) is 0 Å². The molecule has 1 saturated heterocycles. The first-order valence-corrected chi connectivity index (χ1v) is 8.05. The summed E-state index contributed by atoms with van der Waals surface area (Å²) in [6.07, 6.45) is 4.87. The molecule has 0 aliphatic carbocycles. The summed E-state index contributed by atoms with van der Waals surface area (Å²) in [5.74, 6) is -0.315. The molecule has 1 atom stereocenters. The van der Waals surface area contributed by atoms with Gasteiger partial charge in [-0.05, 0) is 30.5 Å². The van der Waals surface area contributed by atoms with Crippen molar-refractivity contribution < 1.29 is 12.8 Å². The Bertz CT molecular complexity index is 515. The van der Waals surface area contributed by atoms with Crippen LogP contribution < -0.4 is 0 Å². The second kappa shape index (κ2) is 5.36. The number of nitrogens with zero attached hydrogens (tertiary/aromatic N) is 1. The third-order valence-corrected chi connectivity index (χ3v) is 4.65. The number of benzene rings is 1. The molecule has 2 rings (SSSR count). The molecule has 1 heterocycles. The van der Waals surface area contributed by atoms with Gasteiger partial charge in [0, 0.05) is 12.6 Å². The van der Waals surface area contributed by atoms with E-state index < -0.39 is 10.0 Å². The maximum atomic E-state index is 13.3. The van der Waals surface area contributed by atoms with E-state index in [-0.39, 0.29) is 11.9 Å². The van der Waals surface area contributed by atoms with Crippen LogP contribution in [-0.4, -0.2) is 25.5 Å². The van der Waals surface area contributed by atoms with Crippen LogP contribution in [0.1, 0.15) is 37.3 Å². The minimum atomic E-state index is -3.25. The predicted octanol–water partition coefficient (Wildman–Crippen LogP) is 2.70. The molecule has 1 aromatic rings. The van der Waals surface area contributed by atoms with Crippen molar-refractivity contribution in [3.05, 3.63) is 35.6 Å². The summed E-state index contributed by atoms with van der Waals surface area (Å²) in [5.41, 5.74) is 0.752. The Labute approximate surface area is 108 Å². The number of hydrogen-bond acceptors (Lipinski definition) is 2. The smallest absolute Gasteiger partial charge is 0.211 e. The fraction of sp³-hybridized carbons (Fsp3) is 0.538. The summed E-state index contributed by atoms with van der Waals surface area (Å²) >= 11 is 0. The van der Waals surface area contributed by atoms with E-state index in [1.165, 1.54) is 22.7 Å². The van der Waals surface area contributed by atoms with E-state index in [4.69, 9.17) is 0 Å². The molecular weight excluding hydrogens is 253 g/mol. The van der Waals surface area contributed by atoms with Gasteiger partial charge in [-0.3, -0.25) is 0 Å². The van der Waals surface area contributed by atoms with Gasteiger partial charge in [0.1, 0.15) is 5.82 Å². The van der Waals surface area contributed by atoms with Crippen LogP contribution in [0.5, 0.6) is 0 Å². The third-order valence-electron chi connectivity index (χ3n) is 3.36. The molecule has 18 heavy (non-hydrogen) atoms. The molecule has 0 radical (unpaired) electrons. The fourth-order valence-corrected chi connectivity index (χ4v) is 3.68. The molecule has 0 aromatic heterocycles. The number of halogens is 1. The minimum Gasteiger partial charge on any atom is -0.212 e. The lowest BCUT2D eigenvalue weighted by Gasteiger charge is -2.28. The summed E-state index contributed by atoms with van der Waals surface area (Å²) < 4.78 is 38.5. The Balaban J connectivity index is 2.37. The highest BCUT2D eigenvalue weighted by molar-refractivity contribution is 7.88. The van der Waals surface area contributed by atoms with Gasteiger partial charge in [-0.2, -0.15) is 4.31 Å². The zero-order valence-corrected chi connectivity index (χ0v) is 11.3. The molecule has 5 heteroatoms. The number of sulfonamides is 1. The average Bonchev–Trinajstić information content (AvgIpc) is 2.53. The van der Waals surface area contributed by atoms with Gasteiger partial charge in [0.2, 0.25) is 10.0 Å². The zero-order valence-electron chi connectivity index (χ0n) is 10.5. The van der Waals surface area contributed by atoms with Crippen LogP contribution in [0, 0.1) is 5.82 Å². The van der Waals surface area contributed by atoms with Crippen molar-refractivity contribution in [3.63, 3.8) is 0 Å². The standard InChI is InChI=1S/C13H18FNO2S/c1-18(16,17)15-9-4-2-3-8-13(15)11-6-5-7-12(14)10-11/h5-7,10,13H,2-4,8-9H2,1H3/t13-/m1/s1. The second-order valence-electron chi connectivity index (χ2n) is 4.79. The molecule has 0 N–H and O–H groups in total. The topological polar surface area (TPSA) is 37.4 Å². The van der Waals surface area contributed by atoms with Crippen molar-refractivity contribution in [3.8, 4) is 0 Å². The van der Waals surface area contributed by atoms with E-state index >= 15 is 0 Å². The summed E-state index contributed by atoms with van der Waals surface area (Å²) in [5, 5.41) is 0. The van der Waals surface area contributed by atoms with E-state index in [0.29, 0.717) is 6.54 Å². The van der Waals surface area contributed by atoms with E-state index in [0.717, 1.165) is 31.2 Å². The van der Waals surface area contributed by atoms with Gasteiger partial charge in [-0.15, -0.1) is 0 Å². The largest absolute Gasteiger partial charge is 0.212 e. The molecular formula is C13H18FNO2S. The Morgan fingerprint density at radius 3 is 2.72 bits per heavy atom. The fourth-order valence-electron chi connectivity index (χ4n) is 2.53. The first-order valence-electron chi connectivity index (χ1n) is 6.21. The first kappa shape index (κ1) is 13.5. The molecule has 1 fully saturated rings. The van der Waals surface area contributed by atoms with Crippen molar-refractivity contribution in [1.29, 1.82) is 0 Å². The van der Waals surface area contributed by atoms with Gasteiger partial charge in [-0.1, -0.05) is 25.0 Å². The molecule has 0 saturated carbocycles. The van der Waals surface area contributed by atoms with Gasteiger partial charge in [0.15, 0.2) is 0 Å².